The fourth-order valence-corrected chi connectivity index (χ4v) is 2.00. The van der Waals surface area contributed by atoms with Crippen molar-refractivity contribution in [2.75, 3.05) is 19.6 Å². The van der Waals surface area contributed by atoms with E-state index in [0.29, 0.717) is 18.7 Å². The first-order chi connectivity index (χ1) is 9.56. The number of hydrogen-bond acceptors (Lipinski definition) is 2. The SMILES string of the molecule is CCCCN(CCNC(=O)c1ccccc1C)C(C)=O. The van der Waals surface area contributed by atoms with E-state index in [1.807, 2.05) is 31.2 Å². The van der Waals surface area contributed by atoms with Crippen LogP contribution in [0.5, 0.6) is 0 Å². The van der Waals surface area contributed by atoms with Crippen LogP contribution >= 0.6 is 0 Å². The van der Waals surface area contributed by atoms with Crippen molar-refractivity contribution in [3.8, 4) is 0 Å². The van der Waals surface area contributed by atoms with E-state index in [-0.39, 0.29) is 11.8 Å². The summed E-state index contributed by atoms with van der Waals surface area (Å²) in [5.74, 6) is -0.0225. The second kappa shape index (κ2) is 8.35. The summed E-state index contributed by atoms with van der Waals surface area (Å²) in [5, 5.41) is 2.87. The van der Waals surface area contributed by atoms with E-state index < -0.39 is 0 Å². The van der Waals surface area contributed by atoms with Crippen LogP contribution in [0.2, 0.25) is 0 Å². The van der Waals surface area contributed by atoms with Crippen molar-refractivity contribution in [1.82, 2.24) is 10.2 Å². The van der Waals surface area contributed by atoms with E-state index in [2.05, 4.69) is 12.2 Å². The molecule has 0 aromatic heterocycles. The molecule has 110 valence electrons. The molecule has 0 aliphatic carbocycles. The molecule has 1 N–H and O–H groups in total. The quantitative estimate of drug-likeness (QED) is 0.831. The van der Waals surface area contributed by atoms with Crippen molar-refractivity contribution in [2.24, 2.45) is 0 Å². The third-order valence-corrected chi connectivity index (χ3v) is 3.28. The van der Waals surface area contributed by atoms with E-state index >= 15 is 0 Å². The van der Waals surface area contributed by atoms with E-state index in [4.69, 9.17) is 0 Å². The van der Waals surface area contributed by atoms with Crippen LogP contribution in [-0.2, 0) is 4.79 Å². The molecular weight excluding hydrogens is 252 g/mol. The van der Waals surface area contributed by atoms with Crippen LogP contribution in [0, 0.1) is 6.92 Å². The largest absolute Gasteiger partial charge is 0.350 e. The lowest BCUT2D eigenvalue weighted by molar-refractivity contribution is -0.128. The summed E-state index contributed by atoms with van der Waals surface area (Å²) in [6.45, 7) is 7.38. The summed E-state index contributed by atoms with van der Waals surface area (Å²) in [4.78, 5) is 25.3. The third-order valence-electron chi connectivity index (χ3n) is 3.28. The van der Waals surface area contributed by atoms with E-state index in [1.165, 1.54) is 0 Å². The van der Waals surface area contributed by atoms with Crippen LogP contribution in [0.25, 0.3) is 0 Å². The number of benzene rings is 1. The topological polar surface area (TPSA) is 49.4 Å². The number of carbonyl (C=O) groups is 2. The van der Waals surface area contributed by atoms with Crippen LogP contribution < -0.4 is 5.32 Å². The van der Waals surface area contributed by atoms with Gasteiger partial charge in [-0.05, 0) is 25.0 Å². The Hall–Kier alpha value is -1.84. The number of rotatable bonds is 7. The standard InChI is InChI=1S/C16H24N2O2/c1-4-5-11-18(14(3)19)12-10-17-16(20)15-9-7-6-8-13(15)2/h6-9H,4-5,10-12H2,1-3H3,(H,17,20). The lowest BCUT2D eigenvalue weighted by Gasteiger charge is -2.21. The minimum absolute atomic E-state index is 0.0589. The highest BCUT2D eigenvalue weighted by Crippen LogP contribution is 2.06. The van der Waals surface area contributed by atoms with Gasteiger partial charge in [-0.15, -0.1) is 0 Å². The Morgan fingerprint density at radius 1 is 1.20 bits per heavy atom. The van der Waals surface area contributed by atoms with E-state index in [0.717, 1.165) is 24.9 Å². The molecular formula is C16H24N2O2. The first-order valence-corrected chi connectivity index (χ1v) is 7.15. The summed E-state index contributed by atoms with van der Waals surface area (Å²) >= 11 is 0. The molecule has 1 aromatic rings. The maximum absolute atomic E-state index is 12.0. The molecule has 2 amide bonds. The van der Waals surface area contributed by atoms with Crippen LogP contribution in [0.1, 0.15) is 42.6 Å². The number of amides is 2. The maximum Gasteiger partial charge on any atom is 0.251 e. The molecule has 0 aliphatic rings. The van der Waals surface area contributed by atoms with Gasteiger partial charge in [0.1, 0.15) is 0 Å². The molecule has 1 aromatic carbocycles. The highest BCUT2D eigenvalue weighted by Gasteiger charge is 2.10. The molecule has 0 radical (unpaired) electrons. The third kappa shape index (κ3) is 5.03. The fourth-order valence-electron chi connectivity index (χ4n) is 2.00. The number of nitrogens with one attached hydrogen (secondary N) is 1. The van der Waals surface area contributed by atoms with Crippen molar-refractivity contribution in [1.29, 1.82) is 0 Å². The summed E-state index contributed by atoms with van der Waals surface area (Å²) < 4.78 is 0. The maximum atomic E-state index is 12.0. The van der Waals surface area contributed by atoms with E-state index in [1.54, 1.807) is 11.8 Å². The van der Waals surface area contributed by atoms with Gasteiger partial charge >= 0.3 is 0 Å². The minimum atomic E-state index is -0.0814. The van der Waals surface area contributed by atoms with Gasteiger partial charge in [0.2, 0.25) is 5.91 Å². The fraction of sp³-hybridized carbons (Fsp3) is 0.500. The lowest BCUT2D eigenvalue weighted by atomic mass is 10.1. The normalized spacial score (nSPS) is 10.2. The van der Waals surface area contributed by atoms with Gasteiger partial charge in [0.25, 0.3) is 5.91 Å². The predicted molar refractivity (Wildman–Crippen MR) is 80.7 cm³/mol. The highest BCUT2D eigenvalue weighted by molar-refractivity contribution is 5.95. The van der Waals surface area contributed by atoms with Crippen molar-refractivity contribution in [3.05, 3.63) is 35.4 Å². The molecule has 0 aliphatic heterocycles. The molecule has 0 saturated heterocycles. The molecule has 0 spiro atoms. The van der Waals surface area contributed by atoms with Gasteiger partial charge in [-0.3, -0.25) is 9.59 Å². The number of hydrogen-bond donors (Lipinski definition) is 1. The van der Waals surface area contributed by atoms with Crippen LogP contribution in [0.4, 0.5) is 0 Å². The minimum Gasteiger partial charge on any atom is -0.350 e. The van der Waals surface area contributed by atoms with Gasteiger partial charge < -0.3 is 10.2 Å². The number of unbranched alkanes of at least 4 members (excludes halogenated alkanes) is 1. The van der Waals surface area contributed by atoms with Crippen molar-refractivity contribution in [3.63, 3.8) is 0 Å². The second-order valence-electron chi connectivity index (χ2n) is 4.93. The van der Waals surface area contributed by atoms with Gasteiger partial charge in [-0.25, -0.2) is 0 Å². The molecule has 4 nitrogen and oxygen atoms in total. The second-order valence-corrected chi connectivity index (χ2v) is 4.93. The predicted octanol–water partition coefficient (Wildman–Crippen LogP) is 2.37. The Morgan fingerprint density at radius 3 is 2.50 bits per heavy atom. The Labute approximate surface area is 121 Å². The molecule has 0 atom stereocenters. The number of carbonyl (C=O) groups excluding carboxylic acids is 2. The van der Waals surface area contributed by atoms with Crippen molar-refractivity contribution < 1.29 is 9.59 Å². The zero-order valence-corrected chi connectivity index (χ0v) is 12.6. The smallest absolute Gasteiger partial charge is 0.251 e. The van der Waals surface area contributed by atoms with Gasteiger partial charge in [-0.1, -0.05) is 31.5 Å². The van der Waals surface area contributed by atoms with Crippen LogP contribution in [-0.4, -0.2) is 36.3 Å². The van der Waals surface area contributed by atoms with Gasteiger partial charge in [0.15, 0.2) is 0 Å². The number of nitrogens with zero attached hydrogens (tertiary/aromatic N) is 1. The molecule has 0 unspecified atom stereocenters. The Balaban J connectivity index is 2.44. The first kappa shape index (κ1) is 16.2. The molecule has 4 heteroatoms. The van der Waals surface area contributed by atoms with E-state index in [9.17, 15) is 9.59 Å². The van der Waals surface area contributed by atoms with Gasteiger partial charge in [-0.2, -0.15) is 0 Å². The van der Waals surface area contributed by atoms with Gasteiger partial charge in [0.05, 0.1) is 0 Å². The van der Waals surface area contributed by atoms with Crippen molar-refractivity contribution in [2.45, 2.75) is 33.6 Å². The number of aryl methyl sites for hydroxylation is 1. The summed E-state index contributed by atoms with van der Waals surface area (Å²) in [6.07, 6.45) is 2.05. The Bertz CT molecular complexity index is 458. The lowest BCUT2D eigenvalue weighted by Crippen LogP contribution is -2.38. The van der Waals surface area contributed by atoms with Crippen LogP contribution in [0.3, 0.4) is 0 Å². The monoisotopic (exact) mass is 276 g/mol. The molecule has 0 bridgehead atoms. The average Bonchev–Trinajstić information content (AvgIpc) is 2.42. The van der Waals surface area contributed by atoms with Crippen LogP contribution in [0.15, 0.2) is 24.3 Å². The Kier molecular flexibility index (Phi) is 6.77. The average molecular weight is 276 g/mol. The van der Waals surface area contributed by atoms with Gasteiger partial charge in [0, 0.05) is 32.1 Å². The Morgan fingerprint density at radius 2 is 1.90 bits per heavy atom. The molecule has 20 heavy (non-hydrogen) atoms. The molecule has 0 fully saturated rings. The molecule has 1 rings (SSSR count). The molecule has 0 heterocycles. The van der Waals surface area contributed by atoms with Crippen molar-refractivity contribution >= 4 is 11.8 Å². The zero-order valence-electron chi connectivity index (χ0n) is 12.6. The first-order valence-electron chi connectivity index (χ1n) is 7.15. The molecule has 0 saturated carbocycles. The summed E-state index contributed by atoms with van der Waals surface area (Å²) in [5.41, 5.74) is 1.65. The summed E-state index contributed by atoms with van der Waals surface area (Å²) in [6, 6.07) is 7.49. The zero-order chi connectivity index (χ0) is 15.0. The summed E-state index contributed by atoms with van der Waals surface area (Å²) in [7, 11) is 0. The highest BCUT2D eigenvalue weighted by atomic mass is 16.2.